The molecule has 0 fully saturated rings. The van der Waals surface area contributed by atoms with E-state index in [2.05, 4.69) is 15.0 Å². The first-order valence-corrected chi connectivity index (χ1v) is 6.63. The Kier molecular flexibility index (Phi) is 3.51. The largest absolute Gasteiger partial charge is 0.488 e. The Morgan fingerprint density at radius 2 is 2.19 bits per heavy atom. The number of hydrogen-bond acceptors (Lipinski definition) is 4. The molecule has 0 spiro atoms. The summed E-state index contributed by atoms with van der Waals surface area (Å²) in [5.74, 6) is 1.24. The van der Waals surface area contributed by atoms with Crippen molar-refractivity contribution in [3.05, 3.63) is 36.3 Å². The summed E-state index contributed by atoms with van der Waals surface area (Å²) in [5.41, 5.74) is 3.44. The summed E-state index contributed by atoms with van der Waals surface area (Å²) in [6.45, 7) is 1.43. The highest BCUT2D eigenvalue weighted by atomic mass is 19.1. The molecule has 3 aromatic rings. The third-order valence-corrected chi connectivity index (χ3v) is 3.21. The average Bonchev–Trinajstić information content (AvgIpc) is 2.81. The lowest BCUT2D eigenvalue weighted by Gasteiger charge is -2.09. The molecule has 21 heavy (non-hydrogen) atoms. The fourth-order valence-corrected chi connectivity index (χ4v) is 2.25. The number of imidazole rings is 1. The van der Waals surface area contributed by atoms with Gasteiger partial charge in [0.05, 0.1) is 11.8 Å². The van der Waals surface area contributed by atoms with Gasteiger partial charge in [-0.3, -0.25) is 4.98 Å². The minimum atomic E-state index is -0.544. The summed E-state index contributed by atoms with van der Waals surface area (Å²) >= 11 is 0. The van der Waals surface area contributed by atoms with E-state index < -0.39 is 6.67 Å². The summed E-state index contributed by atoms with van der Waals surface area (Å²) in [5, 5.41) is 0. The van der Waals surface area contributed by atoms with E-state index in [0.717, 1.165) is 28.1 Å². The van der Waals surface area contributed by atoms with Crippen LogP contribution in [0.25, 0.3) is 22.6 Å². The van der Waals surface area contributed by atoms with Crippen molar-refractivity contribution in [2.24, 2.45) is 7.05 Å². The van der Waals surface area contributed by atoms with Gasteiger partial charge >= 0.3 is 0 Å². The minimum absolute atomic E-state index is 0.00000577. The Hall–Kier alpha value is -2.50. The highest BCUT2D eigenvalue weighted by molar-refractivity contribution is 5.79. The van der Waals surface area contributed by atoms with Gasteiger partial charge in [0, 0.05) is 19.4 Å². The van der Waals surface area contributed by atoms with Crippen molar-refractivity contribution >= 4 is 11.2 Å². The fourth-order valence-electron chi connectivity index (χ4n) is 2.25. The van der Waals surface area contributed by atoms with E-state index in [1.807, 2.05) is 30.7 Å². The Morgan fingerprint density at radius 3 is 3.00 bits per heavy atom. The minimum Gasteiger partial charge on any atom is -0.488 e. The molecule has 3 heterocycles. The van der Waals surface area contributed by atoms with Gasteiger partial charge in [0.25, 0.3) is 0 Å². The average molecular weight is 286 g/mol. The number of hydrogen-bond donors (Lipinski definition) is 0. The predicted molar refractivity (Wildman–Crippen MR) is 77.9 cm³/mol. The van der Waals surface area contributed by atoms with Gasteiger partial charge in [0.15, 0.2) is 5.65 Å². The van der Waals surface area contributed by atoms with Gasteiger partial charge in [-0.1, -0.05) is 0 Å². The van der Waals surface area contributed by atoms with Crippen molar-refractivity contribution in [3.63, 3.8) is 0 Å². The topological polar surface area (TPSA) is 52.8 Å². The number of nitrogens with zero attached hydrogens (tertiary/aromatic N) is 4. The van der Waals surface area contributed by atoms with Crippen LogP contribution in [0, 0.1) is 6.92 Å². The molecule has 0 aliphatic carbocycles. The highest BCUT2D eigenvalue weighted by Gasteiger charge is 2.15. The molecule has 0 unspecified atom stereocenters. The molecule has 0 saturated heterocycles. The summed E-state index contributed by atoms with van der Waals surface area (Å²) in [4.78, 5) is 13.0. The van der Waals surface area contributed by atoms with E-state index in [1.54, 1.807) is 18.6 Å². The van der Waals surface area contributed by atoms with Crippen LogP contribution in [0.3, 0.4) is 0 Å². The molecule has 5 nitrogen and oxygen atoms in total. The standard InChI is InChI=1S/C15H15FN4O/c1-10-7-12-15(18-8-10)20(2)14(19-12)11-3-5-17-9-13(11)21-6-4-16/h3,5,7-9H,4,6H2,1-2H3. The second-order valence-electron chi connectivity index (χ2n) is 4.76. The molecular weight excluding hydrogens is 271 g/mol. The summed E-state index contributed by atoms with van der Waals surface area (Å²) in [7, 11) is 1.90. The SMILES string of the molecule is Cc1cnc2c(c1)nc(-c1ccncc1OCCF)n2C. The fraction of sp³-hybridized carbons (Fsp3) is 0.267. The van der Waals surface area contributed by atoms with Crippen LogP contribution in [0.2, 0.25) is 0 Å². The summed E-state index contributed by atoms with van der Waals surface area (Å²) < 4.78 is 19.6. The number of ether oxygens (including phenoxy) is 1. The second kappa shape index (κ2) is 5.47. The normalized spacial score (nSPS) is 11.0. The summed E-state index contributed by atoms with van der Waals surface area (Å²) in [6, 6.07) is 3.79. The molecule has 0 bridgehead atoms. The van der Waals surface area contributed by atoms with Gasteiger partial charge in [-0.25, -0.2) is 14.4 Å². The van der Waals surface area contributed by atoms with E-state index in [0.29, 0.717) is 5.75 Å². The molecule has 3 rings (SSSR count). The molecular formula is C15H15FN4O. The quantitative estimate of drug-likeness (QED) is 0.740. The molecule has 0 radical (unpaired) electrons. The van der Waals surface area contributed by atoms with E-state index in [-0.39, 0.29) is 6.61 Å². The highest BCUT2D eigenvalue weighted by Crippen LogP contribution is 2.30. The maximum Gasteiger partial charge on any atom is 0.160 e. The molecule has 0 aliphatic rings. The van der Waals surface area contributed by atoms with Crippen LogP contribution in [0.4, 0.5) is 4.39 Å². The van der Waals surface area contributed by atoms with E-state index >= 15 is 0 Å². The lowest BCUT2D eigenvalue weighted by molar-refractivity contribution is 0.273. The molecule has 0 N–H and O–H groups in total. The Morgan fingerprint density at radius 1 is 1.33 bits per heavy atom. The smallest absolute Gasteiger partial charge is 0.160 e. The molecule has 6 heteroatoms. The van der Waals surface area contributed by atoms with Crippen molar-refractivity contribution < 1.29 is 9.13 Å². The number of aromatic nitrogens is 4. The number of halogens is 1. The first kappa shape index (κ1) is 13.5. The van der Waals surface area contributed by atoms with Gasteiger partial charge in [0.2, 0.25) is 0 Å². The number of pyridine rings is 2. The lowest BCUT2D eigenvalue weighted by Crippen LogP contribution is -2.02. The molecule has 108 valence electrons. The monoisotopic (exact) mass is 286 g/mol. The first-order valence-electron chi connectivity index (χ1n) is 6.63. The summed E-state index contributed by atoms with van der Waals surface area (Å²) in [6.07, 6.45) is 5.04. The van der Waals surface area contributed by atoms with Crippen LogP contribution < -0.4 is 4.74 Å². The van der Waals surface area contributed by atoms with Crippen LogP contribution in [0.1, 0.15) is 5.56 Å². The van der Waals surface area contributed by atoms with Crippen LogP contribution in [0.15, 0.2) is 30.7 Å². The van der Waals surface area contributed by atoms with Crippen molar-refractivity contribution in [2.45, 2.75) is 6.92 Å². The van der Waals surface area contributed by atoms with Gasteiger partial charge in [-0.2, -0.15) is 0 Å². The third-order valence-electron chi connectivity index (χ3n) is 3.21. The molecule has 0 saturated carbocycles. The number of aryl methyl sites for hydroxylation is 2. The van der Waals surface area contributed by atoms with Gasteiger partial charge in [-0.05, 0) is 24.6 Å². The Balaban J connectivity index is 2.14. The Bertz CT molecular complexity index is 784. The lowest BCUT2D eigenvalue weighted by atomic mass is 10.2. The van der Waals surface area contributed by atoms with Crippen molar-refractivity contribution in [3.8, 4) is 17.1 Å². The molecule has 0 aliphatic heterocycles. The third kappa shape index (κ3) is 2.44. The van der Waals surface area contributed by atoms with Gasteiger partial charge in [-0.15, -0.1) is 0 Å². The molecule has 3 aromatic heterocycles. The maximum atomic E-state index is 12.3. The van der Waals surface area contributed by atoms with Crippen molar-refractivity contribution in [1.29, 1.82) is 0 Å². The number of fused-ring (bicyclic) bond motifs is 1. The number of alkyl halides is 1. The molecule has 0 aromatic carbocycles. The van der Waals surface area contributed by atoms with Crippen molar-refractivity contribution in [1.82, 2.24) is 19.5 Å². The maximum absolute atomic E-state index is 12.3. The molecule has 0 amide bonds. The molecule has 0 atom stereocenters. The predicted octanol–water partition coefficient (Wildman–Crippen LogP) is 2.69. The van der Waals surface area contributed by atoms with Gasteiger partial charge in [0.1, 0.15) is 30.4 Å². The van der Waals surface area contributed by atoms with Gasteiger partial charge < -0.3 is 9.30 Å². The second-order valence-corrected chi connectivity index (χ2v) is 4.76. The van der Waals surface area contributed by atoms with E-state index in [1.165, 1.54) is 0 Å². The van der Waals surface area contributed by atoms with Crippen molar-refractivity contribution in [2.75, 3.05) is 13.3 Å². The van der Waals surface area contributed by atoms with E-state index in [4.69, 9.17) is 4.74 Å². The van der Waals surface area contributed by atoms with Crippen LogP contribution in [-0.2, 0) is 7.05 Å². The zero-order valence-electron chi connectivity index (χ0n) is 11.9. The zero-order valence-corrected chi connectivity index (χ0v) is 11.9. The number of rotatable bonds is 4. The first-order chi connectivity index (χ1) is 10.2. The van der Waals surface area contributed by atoms with Crippen LogP contribution in [0.5, 0.6) is 5.75 Å². The zero-order chi connectivity index (χ0) is 14.8. The van der Waals surface area contributed by atoms with Crippen LogP contribution in [-0.4, -0.2) is 32.8 Å². The Labute approximate surface area is 121 Å². The van der Waals surface area contributed by atoms with Crippen LogP contribution >= 0.6 is 0 Å². The van der Waals surface area contributed by atoms with E-state index in [9.17, 15) is 4.39 Å².